The molecule has 3 unspecified atom stereocenters. The summed E-state index contributed by atoms with van der Waals surface area (Å²) in [5.74, 6) is 0. The van der Waals surface area contributed by atoms with Gasteiger partial charge in [-0.3, -0.25) is 0 Å². The number of hydrogen-bond donors (Lipinski definition) is 0. The zero-order valence-electron chi connectivity index (χ0n) is 9.08. The summed E-state index contributed by atoms with van der Waals surface area (Å²) in [6, 6.07) is 0. The third kappa shape index (κ3) is 3.65. The lowest BCUT2D eigenvalue weighted by Crippen LogP contribution is -2.36. The number of unbranched alkanes of at least 4 members (excludes halogenated alkanes) is 1. The Labute approximate surface area is 81.6 Å². The van der Waals surface area contributed by atoms with Gasteiger partial charge < -0.3 is 9.47 Å². The molecule has 2 nitrogen and oxygen atoms in total. The maximum atomic E-state index is 5.79. The van der Waals surface area contributed by atoms with Crippen molar-refractivity contribution in [2.75, 3.05) is 0 Å². The van der Waals surface area contributed by atoms with E-state index in [-0.39, 0.29) is 6.29 Å². The van der Waals surface area contributed by atoms with Gasteiger partial charge in [0.2, 0.25) is 0 Å². The van der Waals surface area contributed by atoms with Crippen molar-refractivity contribution in [1.29, 1.82) is 0 Å². The highest BCUT2D eigenvalue weighted by atomic mass is 16.7. The summed E-state index contributed by atoms with van der Waals surface area (Å²) in [7, 11) is 0. The first-order chi connectivity index (χ1) is 6.26. The van der Waals surface area contributed by atoms with Crippen LogP contribution in [-0.2, 0) is 9.47 Å². The van der Waals surface area contributed by atoms with E-state index in [9.17, 15) is 0 Å². The Morgan fingerprint density at radius 3 is 2.62 bits per heavy atom. The summed E-state index contributed by atoms with van der Waals surface area (Å²) in [4.78, 5) is 0. The van der Waals surface area contributed by atoms with E-state index in [0.717, 1.165) is 19.3 Å². The van der Waals surface area contributed by atoms with E-state index in [1.54, 1.807) is 0 Å². The molecule has 13 heavy (non-hydrogen) atoms. The highest BCUT2D eigenvalue weighted by Crippen LogP contribution is 2.23. The second kappa shape index (κ2) is 5.61. The third-order valence-electron chi connectivity index (χ3n) is 2.57. The van der Waals surface area contributed by atoms with Gasteiger partial charge in [-0.15, -0.1) is 0 Å². The molecule has 1 saturated heterocycles. The Morgan fingerprint density at radius 2 is 2.00 bits per heavy atom. The molecule has 0 saturated carbocycles. The van der Waals surface area contributed by atoms with Crippen LogP contribution < -0.4 is 0 Å². The Hall–Kier alpha value is -0.0800. The topological polar surface area (TPSA) is 18.5 Å². The largest absolute Gasteiger partial charge is 0.350 e. The fourth-order valence-electron chi connectivity index (χ4n) is 1.76. The van der Waals surface area contributed by atoms with E-state index in [1.807, 2.05) is 0 Å². The van der Waals surface area contributed by atoms with Crippen LogP contribution in [0, 0.1) is 0 Å². The molecule has 0 bridgehead atoms. The molecular formula is C11H22O2. The van der Waals surface area contributed by atoms with Crippen molar-refractivity contribution in [2.24, 2.45) is 0 Å². The fraction of sp³-hybridized carbons (Fsp3) is 1.00. The predicted molar refractivity (Wildman–Crippen MR) is 53.6 cm³/mol. The van der Waals surface area contributed by atoms with Crippen LogP contribution in [0.15, 0.2) is 0 Å². The molecule has 0 radical (unpaired) electrons. The van der Waals surface area contributed by atoms with Gasteiger partial charge in [0.15, 0.2) is 6.29 Å². The van der Waals surface area contributed by atoms with Crippen LogP contribution in [-0.4, -0.2) is 18.5 Å². The van der Waals surface area contributed by atoms with E-state index < -0.39 is 0 Å². The molecule has 1 aliphatic rings. The minimum absolute atomic E-state index is 0.0636. The van der Waals surface area contributed by atoms with Crippen LogP contribution in [0.25, 0.3) is 0 Å². The Bertz CT molecular complexity index is 136. The summed E-state index contributed by atoms with van der Waals surface area (Å²) in [5, 5.41) is 0. The molecule has 0 aromatic carbocycles. The Morgan fingerprint density at radius 1 is 1.23 bits per heavy atom. The molecule has 1 heterocycles. The van der Waals surface area contributed by atoms with Crippen molar-refractivity contribution in [3.8, 4) is 0 Å². The standard InChI is InChI=1S/C11H22O2/c1-4-6-7-11-12-9(3)8-10(5-2)13-11/h9-11H,4-8H2,1-3H3. The van der Waals surface area contributed by atoms with E-state index in [2.05, 4.69) is 20.8 Å². The average molecular weight is 186 g/mol. The number of ether oxygens (including phenoxy) is 2. The van der Waals surface area contributed by atoms with Crippen LogP contribution >= 0.6 is 0 Å². The minimum atomic E-state index is 0.0636. The third-order valence-corrected chi connectivity index (χ3v) is 2.57. The first kappa shape index (κ1) is 11.0. The fourth-order valence-corrected chi connectivity index (χ4v) is 1.76. The smallest absolute Gasteiger partial charge is 0.158 e. The second-order valence-electron chi connectivity index (χ2n) is 3.92. The molecule has 0 aliphatic carbocycles. The number of hydrogen-bond acceptors (Lipinski definition) is 2. The SMILES string of the molecule is CCCCC1OC(C)CC(CC)O1. The minimum Gasteiger partial charge on any atom is -0.350 e. The molecule has 0 N–H and O–H groups in total. The molecule has 0 aromatic rings. The highest BCUT2D eigenvalue weighted by molar-refractivity contribution is 4.68. The maximum Gasteiger partial charge on any atom is 0.158 e. The van der Waals surface area contributed by atoms with Crippen molar-refractivity contribution in [3.63, 3.8) is 0 Å². The second-order valence-corrected chi connectivity index (χ2v) is 3.92. The van der Waals surface area contributed by atoms with Gasteiger partial charge >= 0.3 is 0 Å². The quantitative estimate of drug-likeness (QED) is 0.671. The van der Waals surface area contributed by atoms with Crippen molar-refractivity contribution < 1.29 is 9.47 Å². The van der Waals surface area contributed by atoms with Gasteiger partial charge in [-0.25, -0.2) is 0 Å². The lowest BCUT2D eigenvalue weighted by molar-refractivity contribution is -0.241. The first-order valence-electron chi connectivity index (χ1n) is 5.57. The molecule has 78 valence electrons. The Kier molecular flexibility index (Phi) is 4.74. The summed E-state index contributed by atoms with van der Waals surface area (Å²) < 4.78 is 11.5. The van der Waals surface area contributed by atoms with Crippen LogP contribution in [0.4, 0.5) is 0 Å². The molecule has 0 aromatic heterocycles. The van der Waals surface area contributed by atoms with E-state index in [0.29, 0.717) is 12.2 Å². The van der Waals surface area contributed by atoms with Gasteiger partial charge in [0.1, 0.15) is 0 Å². The lowest BCUT2D eigenvalue weighted by atomic mass is 10.1. The zero-order chi connectivity index (χ0) is 9.68. The summed E-state index contributed by atoms with van der Waals surface area (Å²) >= 11 is 0. The highest BCUT2D eigenvalue weighted by Gasteiger charge is 2.25. The van der Waals surface area contributed by atoms with Gasteiger partial charge in [0.25, 0.3) is 0 Å². The van der Waals surface area contributed by atoms with Crippen molar-refractivity contribution in [2.45, 2.75) is 71.4 Å². The maximum absolute atomic E-state index is 5.79. The van der Waals surface area contributed by atoms with E-state index in [1.165, 1.54) is 12.8 Å². The summed E-state index contributed by atoms with van der Waals surface area (Å²) in [6.07, 6.45) is 6.49. The van der Waals surface area contributed by atoms with Gasteiger partial charge in [-0.1, -0.05) is 20.3 Å². The zero-order valence-corrected chi connectivity index (χ0v) is 9.08. The van der Waals surface area contributed by atoms with Gasteiger partial charge in [0.05, 0.1) is 12.2 Å². The monoisotopic (exact) mass is 186 g/mol. The number of rotatable bonds is 4. The lowest BCUT2D eigenvalue weighted by Gasteiger charge is -2.33. The molecule has 0 spiro atoms. The van der Waals surface area contributed by atoms with Gasteiger partial charge in [-0.2, -0.15) is 0 Å². The average Bonchev–Trinajstić information content (AvgIpc) is 2.14. The van der Waals surface area contributed by atoms with Crippen molar-refractivity contribution in [3.05, 3.63) is 0 Å². The molecule has 1 aliphatic heterocycles. The first-order valence-corrected chi connectivity index (χ1v) is 5.57. The molecule has 2 heteroatoms. The molecule has 3 atom stereocenters. The van der Waals surface area contributed by atoms with Crippen molar-refractivity contribution in [1.82, 2.24) is 0 Å². The molecule has 0 amide bonds. The Balaban J connectivity index is 2.29. The van der Waals surface area contributed by atoms with E-state index in [4.69, 9.17) is 9.47 Å². The molecular weight excluding hydrogens is 164 g/mol. The van der Waals surface area contributed by atoms with Crippen molar-refractivity contribution >= 4 is 0 Å². The van der Waals surface area contributed by atoms with Crippen LogP contribution in [0.3, 0.4) is 0 Å². The molecule has 1 rings (SSSR count). The summed E-state index contributed by atoms with van der Waals surface area (Å²) in [5.41, 5.74) is 0. The van der Waals surface area contributed by atoms with Crippen LogP contribution in [0.5, 0.6) is 0 Å². The normalized spacial score (nSPS) is 34.8. The predicted octanol–water partition coefficient (Wildman–Crippen LogP) is 3.11. The van der Waals surface area contributed by atoms with E-state index >= 15 is 0 Å². The molecule has 1 fully saturated rings. The van der Waals surface area contributed by atoms with Crippen LogP contribution in [0.1, 0.15) is 52.9 Å². The van der Waals surface area contributed by atoms with Gasteiger partial charge in [-0.05, 0) is 32.6 Å². The summed E-state index contributed by atoms with van der Waals surface area (Å²) in [6.45, 7) is 6.52. The van der Waals surface area contributed by atoms with Crippen LogP contribution in [0.2, 0.25) is 0 Å². The van der Waals surface area contributed by atoms with Gasteiger partial charge in [0, 0.05) is 0 Å².